The van der Waals surface area contributed by atoms with Gasteiger partial charge in [-0.2, -0.15) is 0 Å². The third-order valence-corrected chi connectivity index (χ3v) is 11.2. The lowest BCUT2D eigenvalue weighted by atomic mass is 10.1. The van der Waals surface area contributed by atoms with Crippen LogP contribution in [-0.4, -0.2) is 37.2 Å². The summed E-state index contributed by atoms with van der Waals surface area (Å²) in [6, 6.07) is 0. The number of carbonyl (C=O) groups excluding carboxylic acids is 3. The van der Waals surface area contributed by atoms with Crippen molar-refractivity contribution in [3.63, 3.8) is 0 Å². The maximum Gasteiger partial charge on any atom is 0.306 e. The topological polar surface area (TPSA) is 78.9 Å². The summed E-state index contributed by atoms with van der Waals surface area (Å²) in [7, 11) is 0. The number of unbranched alkanes of at least 4 members (excludes halogenated alkanes) is 24. The molecule has 0 aliphatic carbocycles. The van der Waals surface area contributed by atoms with E-state index in [1.165, 1.54) is 103 Å². The van der Waals surface area contributed by atoms with E-state index in [4.69, 9.17) is 14.2 Å². The molecule has 0 amide bonds. The van der Waals surface area contributed by atoms with E-state index in [2.05, 4.69) is 93.7 Å². The Bertz CT molecular complexity index is 1190. The van der Waals surface area contributed by atoms with Gasteiger partial charge in [-0.1, -0.05) is 216 Å². The van der Waals surface area contributed by atoms with Gasteiger partial charge in [-0.3, -0.25) is 14.4 Å². The molecule has 0 saturated carbocycles. The summed E-state index contributed by atoms with van der Waals surface area (Å²) < 4.78 is 16.7. The molecular weight excluding hydrogens is 781 g/mol. The Kier molecular flexibility index (Phi) is 48.9. The van der Waals surface area contributed by atoms with E-state index in [1.807, 2.05) is 0 Å². The van der Waals surface area contributed by atoms with Crippen molar-refractivity contribution >= 4 is 17.9 Å². The number of hydrogen-bond donors (Lipinski definition) is 0. The minimum atomic E-state index is -0.780. The van der Waals surface area contributed by atoms with Gasteiger partial charge in [0.2, 0.25) is 0 Å². The highest BCUT2D eigenvalue weighted by Gasteiger charge is 2.19. The van der Waals surface area contributed by atoms with Crippen LogP contribution in [0.25, 0.3) is 0 Å². The first-order valence-electron chi connectivity index (χ1n) is 26.4. The molecule has 0 aliphatic heterocycles. The lowest BCUT2D eigenvalue weighted by Gasteiger charge is -2.18. The molecule has 0 fully saturated rings. The number of hydrogen-bond acceptors (Lipinski definition) is 6. The highest BCUT2D eigenvalue weighted by molar-refractivity contribution is 5.71. The third-order valence-electron chi connectivity index (χ3n) is 11.2. The van der Waals surface area contributed by atoms with Crippen LogP contribution in [0.4, 0.5) is 0 Å². The second kappa shape index (κ2) is 51.5. The molecule has 63 heavy (non-hydrogen) atoms. The van der Waals surface area contributed by atoms with Crippen molar-refractivity contribution in [3.8, 4) is 0 Å². The Morgan fingerprint density at radius 2 is 0.619 bits per heavy atom. The number of carbonyl (C=O) groups is 3. The summed E-state index contributed by atoms with van der Waals surface area (Å²) in [4.78, 5) is 37.7. The van der Waals surface area contributed by atoms with Gasteiger partial charge >= 0.3 is 17.9 Å². The molecule has 0 radical (unpaired) electrons. The van der Waals surface area contributed by atoms with Crippen LogP contribution in [0.1, 0.15) is 252 Å². The first kappa shape index (κ1) is 59.9. The van der Waals surface area contributed by atoms with Crippen LogP contribution in [0.3, 0.4) is 0 Å². The third kappa shape index (κ3) is 49.7. The summed E-state index contributed by atoms with van der Waals surface area (Å²) in [6.07, 6.45) is 65.0. The Hall–Kier alpha value is -3.15. The van der Waals surface area contributed by atoms with E-state index in [-0.39, 0.29) is 31.1 Å². The molecule has 0 saturated heterocycles. The largest absolute Gasteiger partial charge is 0.462 e. The predicted octanol–water partition coefficient (Wildman–Crippen LogP) is 17.4. The van der Waals surface area contributed by atoms with Crippen molar-refractivity contribution < 1.29 is 28.6 Å². The standard InChI is InChI=1S/C57H98O6/c1-4-7-10-13-15-17-19-21-23-25-26-27-28-29-30-32-33-35-37-39-41-44-47-50-56(59)62-53-54(52-61-55(58)49-46-43-12-9-6-3)63-57(60)51-48-45-42-40-38-36-34-31-24-22-20-18-16-14-11-8-5-2/h8,11,16,18-19,21-22,24-26,28-29,54H,4-7,9-10,12-15,17,20,23,27,30-53H2,1-3H3/b11-8-,18-16-,21-19-,24-22-,26-25-,29-28-. The molecule has 0 rings (SSSR count). The molecule has 0 aromatic rings. The zero-order chi connectivity index (χ0) is 45.8. The van der Waals surface area contributed by atoms with E-state index in [9.17, 15) is 14.4 Å². The maximum atomic E-state index is 12.7. The first-order valence-corrected chi connectivity index (χ1v) is 26.4. The molecular formula is C57H98O6. The summed E-state index contributed by atoms with van der Waals surface area (Å²) in [6.45, 7) is 6.42. The average molecular weight is 879 g/mol. The lowest BCUT2D eigenvalue weighted by molar-refractivity contribution is -0.167. The zero-order valence-corrected chi connectivity index (χ0v) is 41.3. The molecule has 0 heterocycles. The van der Waals surface area contributed by atoms with E-state index < -0.39 is 6.10 Å². The van der Waals surface area contributed by atoms with Gasteiger partial charge in [0.25, 0.3) is 0 Å². The van der Waals surface area contributed by atoms with Crippen molar-refractivity contribution in [2.24, 2.45) is 0 Å². The van der Waals surface area contributed by atoms with Gasteiger partial charge in [0.05, 0.1) is 0 Å². The molecule has 362 valence electrons. The summed E-state index contributed by atoms with van der Waals surface area (Å²) in [5, 5.41) is 0. The summed E-state index contributed by atoms with van der Waals surface area (Å²) >= 11 is 0. The van der Waals surface area contributed by atoms with Gasteiger partial charge in [0.1, 0.15) is 13.2 Å². The molecule has 0 spiro atoms. The number of esters is 3. The molecule has 0 aromatic carbocycles. The Labute approximate surface area is 389 Å². The van der Waals surface area contributed by atoms with Gasteiger partial charge in [-0.25, -0.2) is 0 Å². The van der Waals surface area contributed by atoms with Gasteiger partial charge in [0.15, 0.2) is 6.10 Å². The van der Waals surface area contributed by atoms with E-state index in [0.29, 0.717) is 19.3 Å². The lowest BCUT2D eigenvalue weighted by Crippen LogP contribution is -2.30. The molecule has 0 aromatic heterocycles. The fourth-order valence-electron chi connectivity index (χ4n) is 7.23. The van der Waals surface area contributed by atoms with Crippen molar-refractivity contribution in [3.05, 3.63) is 72.9 Å². The van der Waals surface area contributed by atoms with Crippen molar-refractivity contribution in [2.45, 2.75) is 258 Å². The van der Waals surface area contributed by atoms with Crippen LogP contribution in [0.2, 0.25) is 0 Å². The molecule has 6 nitrogen and oxygen atoms in total. The van der Waals surface area contributed by atoms with Crippen LogP contribution in [0.5, 0.6) is 0 Å². The molecule has 0 aliphatic rings. The Morgan fingerprint density at radius 3 is 0.968 bits per heavy atom. The van der Waals surface area contributed by atoms with Crippen LogP contribution >= 0.6 is 0 Å². The molecule has 1 atom stereocenters. The van der Waals surface area contributed by atoms with Gasteiger partial charge in [-0.15, -0.1) is 0 Å². The summed E-state index contributed by atoms with van der Waals surface area (Å²) in [5.74, 6) is -0.912. The van der Waals surface area contributed by atoms with Crippen molar-refractivity contribution in [1.82, 2.24) is 0 Å². The first-order chi connectivity index (χ1) is 31.0. The van der Waals surface area contributed by atoms with E-state index >= 15 is 0 Å². The smallest absolute Gasteiger partial charge is 0.306 e. The van der Waals surface area contributed by atoms with E-state index in [0.717, 1.165) is 109 Å². The summed E-state index contributed by atoms with van der Waals surface area (Å²) in [5.41, 5.74) is 0. The number of ether oxygens (including phenoxy) is 3. The second-order valence-corrected chi connectivity index (χ2v) is 17.4. The fourth-order valence-corrected chi connectivity index (χ4v) is 7.23. The van der Waals surface area contributed by atoms with Crippen LogP contribution in [0, 0.1) is 0 Å². The van der Waals surface area contributed by atoms with Gasteiger partial charge in [0, 0.05) is 19.3 Å². The SMILES string of the molecule is CC/C=C\C/C=C\C/C=C\CCCCCCCCCC(=O)OC(COC(=O)CCCCCCC)COC(=O)CCCCCCCCCC/C=C\C/C=C\C/C=C\CCCCCCC. The monoisotopic (exact) mass is 879 g/mol. The van der Waals surface area contributed by atoms with Crippen LogP contribution in [-0.2, 0) is 28.6 Å². The average Bonchev–Trinajstić information content (AvgIpc) is 3.28. The van der Waals surface area contributed by atoms with E-state index in [1.54, 1.807) is 0 Å². The molecule has 0 bridgehead atoms. The van der Waals surface area contributed by atoms with Gasteiger partial charge in [-0.05, 0) is 89.9 Å². The maximum absolute atomic E-state index is 12.7. The van der Waals surface area contributed by atoms with Crippen LogP contribution in [0.15, 0.2) is 72.9 Å². The molecule has 6 heteroatoms. The quantitative estimate of drug-likeness (QED) is 0.0262. The highest BCUT2D eigenvalue weighted by atomic mass is 16.6. The van der Waals surface area contributed by atoms with Crippen molar-refractivity contribution in [2.75, 3.05) is 13.2 Å². The Balaban J connectivity index is 4.16. The van der Waals surface area contributed by atoms with Crippen LogP contribution < -0.4 is 0 Å². The molecule has 0 N–H and O–H groups in total. The second-order valence-electron chi connectivity index (χ2n) is 17.4. The van der Waals surface area contributed by atoms with Crippen molar-refractivity contribution in [1.29, 1.82) is 0 Å². The molecule has 1 unspecified atom stereocenters. The fraction of sp³-hybridized carbons (Fsp3) is 0.737. The number of allylic oxidation sites excluding steroid dienone is 12. The normalized spacial score (nSPS) is 12.6. The minimum Gasteiger partial charge on any atom is -0.462 e. The van der Waals surface area contributed by atoms with Gasteiger partial charge < -0.3 is 14.2 Å². The highest BCUT2D eigenvalue weighted by Crippen LogP contribution is 2.14. The Morgan fingerprint density at radius 1 is 0.333 bits per heavy atom. The predicted molar refractivity (Wildman–Crippen MR) is 270 cm³/mol. The number of rotatable bonds is 47. The zero-order valence-electron chi connectivity index (χ0n) is 41.3. The minimum absolute atomic E-state index is 0.0829.